The van der Waals surface area contributed by atoms with Crippen molar-refractivity contribution < 1.29 is 10.1 Å². The molecule has 0 unspecified atom stereocenters. The Morgan fingerprint density at radius 3 is 2.27 bits per heavy atom. The number of rotatable bonds is 2. The van der Waals surface area contributed by atoms with E-state index < -0.39 is 0 Å². The molecule has 0 saturated heterocycles. The molecule has 2 heteroatoms. The van der Waals surface area contributed by atoms with Crippen molar-refractivity contribution in [3.05, 3.63) is 35.9 Å². The molecule has 0 spiro atoms. The van der Waals surface area contributed by atoms with Gasteiger partial charge < -0.3 is 5.48 Å². The molecule has 0 aliphatic rings. The zero-order valence-electron chi connectivity index (χ0n) is 6.70. The van der Waals surface area contributed by atoms with E-state index in [4.69, 9.17) is 0 Å². The first-order valence-corrected chi connectivity index (χ1v) is 3.34. The summed E-state index contributed by atoms with van der Waals surface area (Å²) >= 11 is 0. The average molecular weight is 151 g/mol. The van der Waals surface area contributed by atoms with Crippen molar-refractivity contribution in [2.75, 3.05) is 7.05 Å². The van der Waals surface area contributed by atoms with Crippen LogP contribution in [0.4, 0.5) is 0 Å². The van der Waals surface area contributed by atoms with Crippen LogP contribution in [0.25, 0.3) is 0 Å². The smallest absolute Gasteiger partial charge is 0.167 e. The van der Waals surface area contributed by atoms with Crippen molar-refractivity contribution in [3.63, 3.8) is 0 Å². The van der Waals surface area contributed by atoms with Gasteiger partial charge in [-0.2, -0.15) is 0 Å². The Balaban J connectivity index is 0.000001000. The summed E-state index contributed by atoms with van der Waals surface area (Å²) in [4.78, 5) is 0. The third-order valence-corrected chi connectivity index (χ3v) is 1.30. The van der Waals surface area contributed by atoms with E-state index in [1.165, 1.54) is 5.56 Å². The highest BCUT2D eigenvalue weighted by atomic mass is 16.0. The molecule has 0 heterocycles. The first kappa shape index (κ1) is 9.85. The van der Waals surface area contributed by atoms with E-state index in [1.807, 2.05) is 29.8 Å². The maximum atomic E-state index is 3.77. The van der Waals surface area contributed by atoms with Gasteiger partial charge in [0.1, 0.15) is 13.8 Å². The second-order valence-electron chi connectivity index (χ2n) is 2.50. The summed E-state index contributed by atoms with van der Waals surface area (Å²) in [6, 6.07) is 10.3. The van der Waals surface area contributed by atoms with Crippen molar-refractivity contribution >= 4 is 6.72 Å². The van der Waals surface area contributed by atoms with Crippen LogP contribution in [0.3, 0.4) is 0 Å². The first-order chi connectivity index (χ1) is 4.79. The minimum absolute atomic E-state index is 0. The molecule has 1 rings (SSSR count). The highest BCUT2D eigenvalue weighted by molar-refractivity contribution is 5.17. The monoisotopic (exact) mass is 151 g/mol. The number of nitrogens with zero attached hydrogens (tertiary/aromatic N) is 1. The van der Waals surface area contributed by atoms with Gasteiger partial charge in [0.05, 0.1) is 0 Å². The molecule has 0 bridgehead atoms. The van der Waals surface area contributed by atoms with E-state index in [0.29, 0.717) is 0 Å². The van der Waals surface area contributed by atoms with Crippen LogP contribution >= 0.6 is 0 Å². The third-order valence-electron chi connectivity index (χ3n) is 1.30. The average Bonchev–Trinajstić information content (AvgIpc) is 1.88. The topological polar surface area (TPSA) is 33.0 Å². The Labute approximate surface area is 67.1 Å². The summed E-state index contributed by atoms with van der Waals surface area (Å²) in [5.74, 6) is 0. The van der Waals surface area contributed by atoms with Gasteiger partial charge in [0.2, 0.25) is 0 Å². The van der Waals surface area contributed by atoms with Gasteiger partial charge in [-0.25, -0.2) is 4.58 Å². The Hall–Kier alpha value is -1.15. The second-order valence-corrected chi connectivity index (χ2v) is 2.50. The third kappa shape index (κ3) is 3.53. The number of hydrogen-bond donors (Lipinski definition) is 0. The van der Waals surface area contributed by atoms with Gasteiger partial charge in [0.15, 0.2) is 6.54 Å². The first-order valence-electron chi connectivity index (χ1n) is 3.34. The SMILES string of the molecule is C=[N+](C)Cc1ccccc1.[OH-]. The van der Waals surface area contributed by atoms with Crippen LogP contribution in [0.15, 0.2) is 30.3 Å². The van der Waals surface area contributed by atoms with Gasteiger partial charge >= 0.3 is 0 Å². The van der Waals surface area contributed by atoms with E-state index in [0.717, 1.165) is 6.54 Å². The summed E-state index contributed by atoms with van der Waals surface area (Å²) in [6.07, 6.45) is 0. The van der Waals surface area contributed by atoms with Crippen LogP contribution in [0.2, 0.25) is 0 Å². The Morgan fingerprint density at radius 2 is 1.82 bits per heavy atom. The second kappa shape index (κ2) is 4.63. The minimum Gasteiger partial charge on any atom is -0.870 e. The highest BCUT2D eigenvalue weighted by Crippen LogP contribution is 1.97. The van der Waals surface area contributed by atoms with E-state index in [9.17, 15) is 0 Å². The Morgan fingerprint density at radius 1 is 1.27 bits per heavy atom. The molecular formula is C9H13NO. The summed E-state index contributed by atoms with van der Waals surface area (Å²) in [5, 5.41) is 0. The van der Waals surface area contributed by atoms with Gasteiger partial charge in [-0.3, -0.25) is 0 Å². The summed E-state index contributed by atoms with van der Waals surface area (Å²) < 4.78 is 1.91. The molecule has 1 aromatic carbocycles. The molecule has 0 saturated carbocycles. The fraction of sp³-hybridized carbons (Fsp3) is 0.222. The van der Waals surface area contributed by atoms with Gasteiger partial charge in [-0.15, -0.1) is 0 Å². The number of benzene rings is 1. The molecule has 0 aliphatic heterocycles. The molecule has 2 nitrogen and oxygen atoms in total. The zero-order valence-corrected chi connectivity index (χ0v) is 6.70. The standard InChI is InChI=1S/C9H12N.H2O/c1-10(2)8-9-6-4-3-5-7-9;/h3-7H,1,8H2,2H3;1H2/q+1;/p-1. The van der Waals surface area contributed by atoms with Crippen molar-refractivity contribution in [3.8, 4) is 0 Å². The van der Waals surface area contributed by atoms with Gasteiger partial charge in [-0.05, 0) is 0 Å². The van der Waals surface area contributed by atoms with Crippen molar-refractivity contribution in [2.24, 2.45) is 0 Å². The Bertz CT molecular complexity index is 218. The highest BCUT2D eigenvalue weighted by Gasteiger charge is 1.93. The predicted octanol–water partition coefficient (Wildman–Crippen LogP) is 1.35. The van der Waals surface area contributed by atoms with Crippen molar-refractivity contribution in [1.29, 1.82) is 0 Å². The molecule has 0 aromatic heterocycles. The largest absolute Gasteiger partial charge is 0.870 e. The quantitative estimate of drug-likeness (QED) is 0.464. The summed E-state index contributed by atoms with van der Waals surface area (Å²) in [7, 11) is 1.97. The molecule has 1 aromatic rings. The van der Waals surface area contributed by atoms with Gasteiger partial charge in [-0.1, -0.05) is 30.3 Å². The molecular weight excluding hydrogens is 138 g/mol. The maximum Gasteiger partial charge on any atom is 0.167 e. The molecule has 0 aliphatic carbocycles. The van der Waals surface area contributed by atoms with Gasteiger partial charge in [0.25, 0.3) is 0 Å². The molecule has 0 atom stereocenters. The van der Waals surface area contributed by atoms with Crippen LogP contribution in [-0.4, -0.2) is 23.8 Å². The van der Waals surface area contributed by atoms with Crippen molar-refractivity contribution in [2.45, 2.75) is 6.54 Å². The molecule has 0 fully saturated rings. The van der Waals surface area contributed by atoms with Crippen LogP contribution in [0.5, 0.6) is 0 Å². The fourth-order valence-corrected chi connectivity index (χ4v) is 0.895. The van der Waals surface area contributed by atoms with Crippen LogP contribution in [0, 0.1) is 0 Å². The number of hydrogen-bond acceptors (Lipinski definition) is 1. The molecule has 11 heavy (non-hydrogen) atoms. The normalized spacial score (nSPS) is 8.45. The summed E-state index contributed by atoms with van der Waals surface area (Å²) in [5.41, 5.74) is 1.31. The zero-order chi connectivity index (χ0) is 7.40. The lowest BCUT2D eigenvalue weighted by Gasteiger charge is -1.93. The lowest BCUT2D eigenvalue weighted by molar-refractivity contribution is -0.505. The van der Waals surface area contributed by atoms with E-state index in [1.54, 1.807) is 0 Å². The molecule has 0 radical (unpaired) electrons. The molecule has 60 valence electrons. The Kier molecular flexibility index (Phi) is 4.15. The molecule has 0 amide bonds. The van der Waals surface area contributed by atoms with Crippen LogP contribution < -0.4 is 0 Å². The lowest BCUT2D eigenvalue weighted by Crippen LogP contribution is -2.00. The van der Waals surface area contributed by atoms with Gasteiger partial charge in [0, 0.05) is 5.56 Å². The fourth-order valence-electron chi connectivity index (χ4n) is 0.895. The summed E-state index contributed by atoms with van der Waals surface area (Å²) in [6.45, 7) is 4.68. The predicted molar refractivity (Wildman–Crippen MR) is 45.4 cm³/mol. The van der Waals surface area contributed by atoms with Crippen LogP contribution in [-0.2, 0) is 6.54 Å². The minimum atomic E-state index is 0. The van der Waals surface area contributed by atoms with Crippen LogP contribution in [0.1, 0.15) is 5.56 Å². The van der Waals surface area contributed by atoms with E-state index in [2.05, 4.69) is 18.9 Å². The van der Waals surface area contributed by atoms with Crippen molar-refractivity contribution in [1.82, 2.24) is 0 Å². The lowest BCUT2D eigenvalue weighted by atomic mass is 10.2. The van der Waals surface area contributed by atoms with E-state index >= 15 is 0 Å². The molecule has 1 N–H and O–H groups in total. The maximum absolute atomic E-state index is 3.77. The van der Waals surface area contributed by atoms with E-state index in [-0.39, 0.29) is 5.48 Å².